The van der Waals surface area contributed by atoms with E-state index in [0.29, 0.717) is 5.92 Å². The Morgan fingerprint density at radius 2 is 2.00 bits per heavy atom. The van der Waals surface area contributed by atoms with Crippen LogP contribution in [0.4, 0.5) is 0 Å². The van der Waals surface area contributed by atoms with Gasteiger partial charge in [0.25, 0.3) is 0 Å². The van der Waals surface area contributed by atoms with E-state index in [1.807, 2.05) is 37.3 Å². The molecule has 4 nitrogen and oxygen atoms in total. The summed E-state index contributed by atoms with van der Waals surface area (Å²) in [5.74, 6) is 1.51. The second-order valence-electron chi connectivity index (χ2n) is 8.18. The fourth-order valence-electron chi connectivity index (χ4n) is 2.39. The molecule has 1 aromatic carbocycles. The Kier molecular flexibility index (Phi) is 6.69. The van der Waals surface area contributed by atoms with Gasteiger partial charge in [-0.3, -0.25) is 0 Å². The van der Waals surface area contributed by atoms with Crippen molar-refractivity contribution in [2.75, 3.05) is 12.4 Å². The van der Waals surface area contributed by atoms with E-state index in [4.69, 9.17) is 4.74 Å². The van der Waals surface area contributed by atoms with Crippen molar-refractivity contribution < 1.29 is 13.2 Å². The topological polar surface area (TPSA) is 55.4 Å². The second kappa shape index (κ2) is 8.37. The van der Waals surface area contributed by atoms with Gasteiger partial charge >= 0.3 is 0 Å². The molecule has 1 aliphatic carbocycles. The van der Waals surface area contributed by atoms with Crippen molar-refractivity contribution in [1.82, 2.24) is 4.72 Å². The van der Waals surface area contributed by atoms with Crippen LogP contribution in [0.25, 0.3) is 0 Å². The van der Waals surface area contributed by atoms with Crippen molar-refractivity contribution in [2.24, 2.45) is 11.3 Å². The lowest BCUT2D eigenvalue weighted by molar-refractivity contribution is 0.299. The first-order valence-electron chi connectivity index (χ1n) is 9.02. The maximum absolute atomic E-state index is 12.3. The average molecular weight is 366 g/mol. The lowest BCUT2D eigenvalue weighted by Crippen LogP contribution is -2.28. The van der Waals surface area contributed by atoms with Crippen molar-refractivity contribution >= 4 is 10.0 Å². The van der Waals surface area contributed by atoms with Crippen molar-refractivity contribution in [2.45, 2.75) is 53.0 Å². The number of hydrogen-bond acceptors (Lipinski definition) is 3. The first-order valence-corrected chi connectivity index (χ1v) is 10.7. The molecule has 0 heterocycles. The van der Waals surface area contributed by atoms with E-state index in [-0.39, 0.29) is 17.2 Å². The Hall–Kier alpha value is -1.33. The van der Waals surface area contributed by atoms with Crippen molar-refractivity contribution in [3.05, 3.63) is 42.0 Å². The Morgan fingerprint density at radius 3 is 2.64 bits per heavy atom. The summed E-state index contributed by atoms with van der Waals surface area (Å²) < 4.78 is 33.0. The SMILES string of the molecule is C[C@@H](NS(=O)(=O)C/C=C/CC(C)(C)C)c1cccc(OCC2CC2)c1. The molecular formula is C20H31NO3S. The predicted octanol–water partition coefficient (Wildman–Crippen LogP) is 4.45. The van der Waals surface area contributed by atoms with Gasteiger partial charge in [0.1, 0.15) is 5.75 Å². The second-order valence-corrected chi connectivity index (χ2v) is 9.98. The Balaban J connectivity index is 1.88. The van der Waals surface area contributed by atoms with Crippen molar-refractivity contribution in [3.8, 4) is 5.75 Å². The minimum Gasteiger partial charge on any atom is -0.493 e. The first kappa shape index (κ1) is 20.0. The van der Waals surface area contributed by atoms with Gasteiger partial charge in [-0.15, -0.1) is 0 Å². The van der Waals surface area contributed by atoms with E-state index in [1.165, 1.54) is 12.8 Å². The molecule has 0 saturated heterocycles. The molecular weight excluding hydrogens is 334 g/mol. The summed E-state index contributed by atoms with van der Waals surface area (Å²) in [7, 11) is -3.35. The van der Waals surface area contributed by atoms with Crippen LogP contribution in [0.5, 0.6) is 5.75 Å². The predicted molar refractivity (Wildman–Crippen MR) is 103 cm³/mol. The molecule has 1 aliphatic rings. The summed E-state index contributed by atoms with van der Waals surface area (Å²) in [6.07, 6.45) is 7.03. The third kappa shape index (κ3) is 8.06. The van der Waals surface area contributed by atoms with Crippen molar-refractivity contribution in [3.63, 3.8) is 0 Å². The summed E-state index contributed by atoms with van der Waals surface area (Å²) >= 11 is 0. The van der Waals surface area contributed by atoms with Crippen LogP contribution in [0.2, 0.25) is 0 Å². The molecule has 0 bridgehead atoms. The molecule has 5 heteroatoms. The molecule has 0 unspecified atom stereocenters. The average Bonchev–Trinajstić information content (AvgIpc) is 3.33. The van der Waals surface area contributed by atoms with E-state index in [9.17, 15) is 8.42 Å². The zero-order valence-electron chi connectivity index (χ0n) is 15.8. The van der Waals surface area contributed by atoms with Gasteiger partial charge in [-0.2, -0.15) is 0 Å². The highest BCUT2D eigenvalue weighted by Gasteiger charge is 2.22. The third-order valence-electron chi connectivity index (χ3n) is 4.11. The van der Waals surface area contributed by atoms with E-state index in [2.05, 4.69) is 25.5 Å². The summed E-state index contributed by atoms with van der Waals surface area (Å²) in [4.78, 5) is 0. The van der Waals surface area contributed by atoms with Crippen LogP contribution < -0.4 is 9.46 Å². The summed E-state index contributed by atoms with van der Waals surface area (Å²) in [5, 5.41) is 0. The molecule has 1 atom stereocenters. The van der Waals surface area contributed by atoms with Crippen LogP contribution in [0, 0.1) is 11.3 Å². The smallest absolute Gasteiger partial charge is 0.215 e. The van der Waals surface area contributed by atoms with Gasteiger partial charge in [0.2, 0.25) is 10.0 Å². The van der Waals surface area contributed by atoms with Crippen LogP contribution in [0.15, 0.2) is 36.4 Å². The summed E-state index contributed by atoms with van der Waals surface area (Å²) in [6, 6.07) is 7.39. The minimum atomic E-state index is -3.35. The lowest BCUT2D eigenvalue weighted by Gasteiger charge is -2.16. The monoisotopic (exact) mass is 365 g/mol. The number of rotatable bonds is 9. The summed E-state index contributed by atoms with van der Waals surface area (Å²) in [6.45, 7) is 9.00. The molecule has 0 radical (unpaired) electrons. The molecule has 0 spiro atoms. The third-order valence-corrected chi connectivity index (χ3v) is 5.45. The van der Waals surface area contributed by atoms with Gasteiger partial charge in [0, 0.05) is 6.04 Å². The number of hydrogen-bond donors (Lipinski definition) is 1. The first-order chi connectivity index (χ1) is 11.6. The lowest BCUT2D eigenvalue weighted by atomic mass is 9.92. The minimum absolute atomic E-state index is 0.00525. The molecule has 2 rings (SSSR count). The van der Waals surface area contributed by atoms with Crippen LogP contribution >= 0.6 is 0 Å². The number of sulfonamides is 1. The van der Waals surface area contributed by atoms with E-state index in [1.54, 1.807) is 6.08 Å². The van der Waals surface area contributed by atoms with Gasteiger partial charge in [0.15, 0.2) is 0 Å². The molecule has 0 aromatic heterocycles. The van der Waals surface area contributed by atoms with Crippen molar-refractivity contribution in [1.29, 1.82) is 0 Å². The maximum Gasteiger partial charge on any atom is 0.215 e. The zero-order chi connectivity index (χ0) is 18.5. The quantitative estimate of drug-likeness (QED) is 0.658. The molecule has 0 aliphatic heterocycles. The highest BCUT2D eigenvalue weighted by Crippen LogP contribution is 2.30. The van der Waals surface area contributed by atoms with E-state index >= 15 is 0 Å². The number of allylic oxidation sites excluding steroid dienone is 1. The van der Waals surface area contributed by atoms with E-state index < -0.39 is 10.0 Å². The largest absolute Gasteiger partial charge is 0.493 e. The fourth-order valence-corrected chi connectivity index (χ4v) is 3.55. The van der Waals surface area contributed by atoms with Gasteiger partial charge < -0.3 is 4.74 Å². The normalized spacial score (nSPS) is 17.0. The molecule has 1 aromatic rings. The van der Waals surface area contributed by atoms with Gasteiger partial charge in [0.05, 0.1) is 12.4 Å². The Morgan fingerprint density at radius 1 is 1.28 bits per heavy atom. The van der Waals surface area contributed by atoms with Crippen LogP contribution in [0.3, 0.4) is 0 Å². The zero-order valence-corrected chi connectivity index (χ0v) is 16.6. The highest BCUT2D eigenvalue weighted by atomic mass is 32.2. The number of ether oxygens (including phenoxy) is 1. The molecule has 0 amide bonds. The van der Waals surface area contributed by atoms with Crippen LogP contribution in [-0.2, 0) is 10.0 Å². The number of benzene rings is 1. The van der Waals surface area contributed by atoms with E-state index in [0.717, 1.165) is 24.3 Å². The van der Waals surface area contributed by atoms with Gasteiger partial charge in [-0.1, -0.05) is 45.1 Å². The summed E-state index contributed by atoms with van der Waals surface area (Å²) in [5.41, 5.74) is 1.08. The fraction of sp³-hybridized carbons (Fsp3) is 0.600. The molecule has 25 heavy (non-hydrogen) atoms. The highest BCUT2D eigenvalue weighted by molar-refractivity contribution is 7.89. The molecule has 140 valence electrons. The maximum atomic E-state index is 12.3. The number of nitrogens with one attached hydrogen (secondary N) is 1. The standard InChI is InChI=1S/C20H31NO3S/c1-16(21-25(22,23)13-6-5-12-20(2,3)4)18-8-7-9-19(14-18)24-15-17-10-11-17/h5-9,14,16-17,21H,10-13,15H2,1-4H3/b6-5+/t16-/m1/s1. The van der Waals surface area contributed by atoms with Crippen LogP contribution in [-0.4, -0.2) is 20.8 Å². The Bertz CT molecular complexity index is 685. The molecule has 1 saturated carbocycles. The van der Waals surface area contributed by atoms with Crippen LogP contribution in [0.1, 0.15) is 58.6 Å². The van der Waals surface area contributed by atoms with Gasteiger partial charge in [-0.25, -0.2) is 13.1 Å². The molecule has 1 fully saturated rings. The van der Waals surface area contributed by atoms with Gasteiger partial charge in [-0.05, 0) is 55.2 Å². The molecule has 1 N–H and O–H groups in total. The Labute approximate surface area is 152 Å².